The van der Waals surface area contributed by atoms with E-state index in [0.717, 1.165) is 10.9 Å². The zero-order valence-corrected chi connectivity index (χ0v) is 17.4. The fourth-order valence-electron chi connectivity index (χ4n) is 3.92. The predicted octanol–water partition coefficient (Wildman–Crippen LogP) is 3.31. The monoisotopic (exact) mass is 434 g/mol. The fraction of sp³-hybridized carbons (Fsp3) is 0.174. The third kappa shape index (κ3) is 3.37. The largest absolute Gasteiger partial charge is 0.454 e. The Hall–Kier alpha value is -4.14. The number of carbonyl (C=O) groups excluding carboxylic acids is 1. The Balaban J connectivity index is 1.56. The molecule has 0 saturated heterocycles. The summed E-state index contributed by atoms with van der Waals surface area (Å²) in [6.45, 7) is 3.51. The lowest BCUT2D eigenvalue weighted by Crippen LogP contribution is -2.29. The molecule has 0 radical (unpaired) electrons. The molecule has 162 valence electrons. The van der Waals surface area contributed by atoms with Gasteiger partial charge in [-0.15, -0.1) is 0 Å². The molecule has 0 spiro atoms. The molecule has 5 rings (SSSR count). The summed E-state index contributed by atoms with van der Waals surface area (Å²) in [6, 6.07) is 12.5. The Morgan fingerprint density at radius 1 is 1.12 bits per heavy atom. The second-order valence-corrected chi connectivity index (χ2v) is 7.54. The molecule has 1 amide bonds. The molecule has 2 aromatic carbocycles. The van der Waals surface area contributed by atoms with Gasteiger partial charge >= 0.3 is 0 Å². The van der Waals surface area contributed by atoms with Crippen LogP contribution in [0.2, 0.25) is 0 Å². The van der Waals surface area contributed by atoms with Crippen molar-refractivity contribution in [1.29, 1.82) is 0 Å². The van der Waals surface area contributed by atoms with E-state index in [1.807, 2.05) is 13.8 Å². The van der Waals surface area contributed by atoms with Crippen LogP contribution in [0.3, 0.4) is 0 Å². The van der Waals surface area contributed by atoms with Crippen molar-refractivity contribution in [2.24, 2.45) is 0 Å². The van der Waals surface area contributed by atoms with Gasteiger partial charge in [-0.1, -0.05) is 6.07 Å². The third-order valence-corrected chi connectivity index (χ3v) is 5.30. The van der Waals surface area contributed by atoms with Crippen LogP contribution in [-0.2, 0) is 11.3 Å². The predicted molar refractivity (Wildman–Crippen MR) is 116 cm³/mol. The van der Waals surface area contributed by atoms with Gasteiger partial charge in [-0.2, -0.15) is 5.10 Å². The molecule has 1 aliphatic heterocycles. The number of benzene rings is 2. The second kappa shape index (κ2) is 7.52. The molecule has 9 heteroatoms. The number of hydrogen-bond donors (Lipinski definition) is 1. The van der Waals surface area contributed by atoms with Gasteiger partial charge in [-0.3, -0.25) is 14.2 Å². The summed E-state index contributed by atoms with van der Waals surface area (Å²) >= 11 is 0. The molecule has 1 N–H and O–H groups in total. The topological polar surface area (TPSA) is 87.4 Å². The molecule has 0 unspecified atom stereocenters. The number of fused-ring (bicyclic) bond motifs is 2. The molecule has 2 aromatic heterocycles. The summed E-state index contributed by atoms with van der Waals surface area (Å²) in [5.41, 5.74) is 2.46. The van der Waals surface area contributed by atoms with Gasteiger partial charge in [0.05, 0.1) is 11.4 Å². The Bertz CT molecular complexity index is 1440. The first-order valence-electron chi connectivity index (χ1n) is 9.96. The number of aromatic nitrogens is 3. The highest BCUT2D eigenvalue weighted by atomic mass is 19.1. The van der Waals surface area contributed by atoms with E-state index < -0.39 is 11.7 Å². The number of carbonyl (C=O) groups is 1. The normalized spacial score (nSPS) is 12.3. The number of aryl methyl sites for hydroxylation is 2. The Morgan fingerprint density at radius 3 is 2.75 bits per heavy atom. The molecular weight excluding hydrogens is 415 g/mol. The van der Waals surface area contributed by atoms with Crippen molar-refractivity contribution in [3.8, 4) is 17.2 Å². The van der Waals surface area contributed by atoms with E-state index in [1.165, 1.54) is 27.4 Å². The van der Waals surface area contributed by atoms with Crippen LogP contribution in [0.4, 0.5) is 10.1 Å². The van der Waals surface area contributed by atoms with E-state index in [0.29, 0.717) is 34.2 Å². The van der Waals surface area contributed by atoms with Crippen molar-refractivity contribution in [2.75, 3.05) is 12.1 Å². The summed E-state index contributed by atoms with van der Waals surface area (Å²) in [5.74, 6) is 0.318. The van der Waals surface area contributed by atoms with Crippen LogP contribution in [0, 0.1) is 19.7 Å². The van der Waals surface area contributed by atoms with Crippen LogP contribution in [0.25, 0.3) is 16.7 Å². The van der Waals surface area contributed by atoms with Crippen LogP contribution in [0.1, 0.15) is 11.3 Å². The van der Waals surface area contributed by atoms with Gasteiger partial charge in [0.25, 0.3) is 5.56 Å². The molecular formula is C23H19FN4O4. The average molecular weight is 434 g/mol. The lowest BCUT2D eigenvalue weighted by Gasteiger charge is -2.13. The maximum Gasteiger partial charge on any atom is 0.252 e. The maximum atomic E-state index is 13.9. The van der Waals surface area contributed by atoms with Crippen molar-refractivity contribution >= 4 is 22.6 Å². The Morgan fingerprint density at radius 2 is 1.94 bits per heavy atom. The number of halogens is 1. The second-order valence-electron chi connectivity index (χ2n) is 7.54. The lowest BCUT2D eigenvalue weighted by atomic mass is 10.1. The summed E-state index contributed by atoms with van der Waals surface area (Å²) in [5, 5.41) is 8.04. The first kappa shape index (κ1) is 19.8. The minimum Gasteiger partial charge on any atom is -0.454 e. The Labute approximate surface area is 181 Å². The SMILES string of the molecule is Cc1cc(=O)n(CC(=O)Nc2ccc3c(c2)OCO3)c2c1c(C)nn2-c1cccc(F)c1. The van der Waals surface area contributed by atoms with Crippen LogP contribution < -0.4 is 20.3 Å². The standard InChI is InChI=1S/C23H19FN4O4/c1-13-8-21(30)27(11-20(29)25-16-6-7-18-19(10-16)32-12-31-18)23-22(13)14(2)26-28(23)17-5-3-4-15(24)9-17/h3-10H,11-12H2,1-2H3,(H,25,29). The smallest absolute Gasteiger partial charge is 0.252 e. The van der Waals surface area contributed by atoms with Crippen molar-refractivity contribution < 1.29 is 18.7 Å². The molecule has 8 nitrogen and oxygen atoms in total. The van der Waals surface area contributed by atoms with Gasteiger partial charge in [0.15, 0.2) is 11.5 Å². The van der Waals surface area contributed by atoms with Gasteiger partial charge in [0, 0.05) is 23.2 Å². The van der Waals surface area contributed by atoms with Crippen molar-refractivity contribution in [3.63, 3.8) is 0 Å². The van der Waals surface area contributed by atoms with E-state index in [1.54, 1.807) is 30.3 Å². The van der Waals surface area contributed by atoms with Gasteiger partial charge in [0.1, 0.15) is 18.0 Å². The van der Waals surface area contributed by atoms with Crippen molar-refractivity contribution in [2.45, 2.75) is 20.4 Å². The fourth-order valence-corrected chi connectivity index (χ4v) is 3.92. The first-order valence-corrected chi connectivity index (χ1v) is 9.96. The summed E-state index contributed by atoms with van der Waals surface area (Å²) in [7, 11) is 0. The molecule has 4 aromatic rings. The van der Waals surface area contributed by atoms with Gasteiger partial charge in [-0.05, 0) is 49.7 Å². The summed E-state index contributed by atoms with van der Waals surface area (Å²) < 4.78 is 27.3. The highest BCUT2D eigenvalue weighted by Gasteiger charge is 2.20. The highest BCUT2D eigenvalue weighted by Crippen LogP contribution is 2.34. The molecule has 32 heavy (non-hydrogen) atoms. The summed E-state index contributed by atoms with van der Waals surface area (Å²) in [4.78, 5) is 25.7. The van der Waals surface area contributed by atoms with Crippen LogP contribution >= 0.6 is 0 Å². The van der Waals surface area contributed by atoms with Gasteiger partial charge < -0.3 is 14.8 Å². The van der Waals surface area contributed by atoms with Crippen molar-refractivity contribution in [1.82, 2.24) is 14.3 Å². The minimum atomic E-state index is -0.425. The molecule has 0 aliphatic carbocycles. The molecule has 0 atom stereocenters. The van der Waals surface area contributed by atoms with E-state index >= 15 is 0 Å². The molecule has 1 aliphatic rings. The minimum absolute atomic E-state index is 0.132. The van der Waals surface area contributed by atoms with Crippen molar-refractivity contribution in [3.05, 3.63) is 76.0 Å². The quantitative estimate of drug-likeness (QED) is 0.533. The van der Waals surface area contributed by atoms with E-state index in [2.05, 4.69) is 10.4 Å². The Kier molecular flexibility index (Phi) is 4.66. The van der Waals surface area contributed by atoms with Crippen LogP contribution in [0.5, 0.6) is 11.5 Å². The first-order chi connectivity index (χ1) is 15.4. The number of pyridine rings is 1. The van der Waals surface area contributed by atoms with E-state index in [-0.39, 0.29) is 18.9 Å². The molecule has 0 saturated carbocycles. The number of hydrogen-bond acceptors (Lipinski definition) is 5. The zero-order valence-electron chi connectivity index (χ0n) is 17.4. The number of amides is 1. The summed E-state index contributed by atoms with van der Waals surface area (Å²) in [6.07, 6.45) is 0. The molecule has 0 bridgehead atoms. The molecule has 0 fully saturated rings. The number of nitrogens with one attached hydrogen (secondary N) is 1. The van der Waals surface area contributed by atoms with Gasteiger partial charge in [0.2, 0.25) is 12.7 Å². The van der Waals surface area contributed by atoms with Crippen LogP contribution in [-0.4, -0.2) is 27.0 Å². The van der Waals surface area contributed by atoms with E-state index in [4.69, 9.17) is 9.47 Å². The maximum absolute atomic E-state index is 13.9. The average Bonchev–Trinajstić information content (AvgIpc) is 3.35. The molecule has 3 heterocycles. The number of nitrogens with zero attached hydrogens (tertiary/aromatic N) is 3. The lowest BCUT2D eigenvalue weighted by molar-refractivity contribution is -0.116. The van der Waals surface area contributed by atoms with Crippen LogP contribution in [0.15, 0.2) is 53.3 Å². The number of ether oxygens (including phenoxy) is 2. The third-order valence-electron chi connectivity index (χ3n) is 5.30. The van der Waals surface area contributed by atoms with E-state index in [9.17, 15) is 14.0 Å². The highest BCUT2D eigenvalue weighted by molar-refractivity contribution is 5.92. The number of rotatable bonds is 4. The van der Waals surface area contributed by atoms with Gasteiger partial charge in [-0.25, -0.2) is 9.07 Å². The number of anilines is 1. The zero-order chi connectivity index (χ0) is 22.4.